The summed E-state index contributed by atoms with van der Waals surface area (Å²) in [5.41, 5.74) is 9.50. The van der Waals surface area contributed by atoms with Crippen molar-refractivity contribution in [2.45, 2.75) is 51.5 Å². The highest BCUT2D eigenvalue weighted by Crippen LogP contribution is 2.34. The number of fused-ring (bicyclic) bond motifs is 1. The third kappa shape index (κ3) is 2.47. The molecule has 0 spiro atoms. The normalized spacial score (nSPS) is 20.8. The van der Waals surface area contributed by atoms with Crippen LogP contribution in [-0.2, 0) is 11.2 Å². The van der Waals surface area contributed by atoms with E-state index in [1.54, 1.807) is 0 Å². The Balaban J connectivity index is 1.80. The maximum atomic E-state index is 12.7. The molecule has 1 aliphatic carbocycles. The molecule has 0 saturated heterocycles. The van der Waals surface area contributed by atoms with Crippen LogP contribution in [0.4, 0.5) is 5.69 Å². The first-order valence-electron chi connectivity index (χ1n) is 7.86. The second-order valence-electron chi connectivity index (χ2n) is 6.25. The molecule has 2 N–H and O–H groups in total. The molecule has 108 valence electrons. The van der Waals surface area contributed by atoms with E-state index in [4.69, 9.17) is 5.73 Å². The minimum atomic E-state index is 0.0587. The standard InChI is InChI=1S/C17H24N2O/c1-12(18)14-7-8-16-15(11-14)9-10-19(16)17(20)13-5-3-2-4-6-13/h7-8,11-13H,2-6,9-10,18H2,1H3/t12-/m1/s1. The molecule has 0 bridgehead atoms. The van der Waals surface area contributed by atoms with Gasteiger partial charge in [-0.3, -0.25) is 4.79 Å². The van der Waals surface area contributed by atoms with Crippen molar-refractivity contribution in [3.8, 4) is 0 Å². The van der Waals surface area contributed by atoms with E-state index in [1.165, 1.54) is 24.8 Å². The lowest BCUT2D eigenvalue weighted by Crippen LogP contribution is -2.35. The van der Waals surface area contributed by atoms with Crippen LogP contribution >= 0.6 is 0 Å². The minimum absolute atomic E-state index is 0.0587. The molecular weight excluding hydrogens is 248 g/mol. The molecule has 0 unspecified atom stereocenters. The van der Waals surface area contributed by atoms with Gasteiger partial charge in [-0.05, 0) is 43.4 Å². The van der Waals surface area contributed by atoms with Crippen LogP contribution in [0.1, 0.15) is 56.2 Å². The molecule has 1 atom stereocenters. The summed E-state index contributed by atoms with van der Waals surface area (Å²) in [6.45, 7) is 2.84. The number of hydrogen-bond acceptors (Lipinski definition) is 2. The van der Waals surface area contributed by atoms with Gasteiger partial charge in [0.1, 0.15) is 0 Å². The van der Waals surface area contributed by atoms with E-state index in [9.17, 15) is 4.79 Å². The first-order valence-corrected chi connectivity index (χ1v) is 7.86. The lowest BCUT2D eigenvalue weighted by Gasteiger charge is -2.26. The summed E-state index contributed by atoms with van der Waals surface area (Å²) in [5, 5.41) is 0. The van der Waals surface area contributed by atoms with Gasteiger partial charge in [0.15, 0.2) is 0 Å². The van der Waals surface area contributed by atoms with Gasteiger partial charge in [-0.15, -0.1) is 0 Å². The third-order valence-corrected chi connectivity index (χ3v) is 4.75. The zero-order valence-electron chi connectivity index (χ0n) is 12.3. The highest BCUT2D eigenvalue weighted by molar-refractivity contribution is 5.97. The van der Waals surface area contributed by atoms with Crippen molar-refractivity contribution in [1.82, 2.24) is 0 Å². The topological polar surface area (TPSA) is 46.3 Å². The maximum Gasteiger partial charge on any atom is 0.230 e. The summed E-state index contributed by atoms with van der Waals surface area (Å²) < 4.78 is 0. The number of nitrogens with zero attached hydrogens (tertiary/aromatic N) is 1. The average molecular weight is 272 g/mol. The first-order chi connectivity index (χ1) is 9.66. The Labute approximate surface area is 121 Å². The van der Waals surface area contributed by atoms with Crippen LogP contribution in [0, 0.1) is 5.92 Å². The molecule has 1 aromatic carbocycles. The van der Waals surface area contributed by atoms with Gasteiger partial charge in [-0.25, -0.2) is 0 Å². The Morgan fingerprint density at radius 1 is 1.30 bits per heavy atom. The molecule has 3 nitrogen and oxygen atoms in total. The Morgan fingerprint density at radius 2 is 2.05 bits per heavy atom. The average Bonchev–Trinajstić information content (AvgIpc) is 2.90. The molecule has 1 fully saturated rings. The number of anilines is 1. The number of rotatable bonds is 2. The van der Waals surface area contributed by atoms with Crippen LogP contribution in [0.25, 0.3) is 0 Å². The second-order valence-corrected chi connectivity index (χ2v) is 6.25. The Bertz CT molecular complexity index is 504. The molecule has 1 aromatic rings. The minimum Gasteiger partial charge on any atom is -0.324 e. The largest absolute Gasteiger partial charge is 0.324 e. The van der Waals surface area contributed by atoms with Crippen molar-refractivity contribution in [2.75, 3.05) is 11.4 Å². The third-order valence-electron chi connectivity index (χ3n) is 4.75. The van der Waals surface area contributed by atoms with E-state index in [1.807, 2.05) is 11.8 Å². The highest BCUT2D eigenvalue weighted by atomic mass is 16.2. The maximum absolute atomic E-state index is 12.7. The fourth-order valence-electron chi connectivity index (χ4n) is 3.50. The zero-order valence-corrected chi connectivity index (χ0v) is 12.3. The Kier molecular flexibility index (Phi) is 3.79. The molecule has 1 saturated carbocycles. The van der Waals surface area contributed by atoms with E-state index >= 15 is 0 Å². The number of carbonyl (C=O) groups is 1. The summed E-state index contributed by atoms with van der Waals surface area (Å²) in [4.78, 5) is 14.7. The van der Waals surface area contributed by atoms with Crippen LogP contribution in [0.15, 0.2) is 18.2 Å². The van der Waals surface area contributed by atoms with Gasteiger partial charge in [0.05, 0.1) is 0 Å². The van der Waals surface area contributed by atoms with E-state index in [0.29, 0.717) is 5.91 Å². The van der Waals surface area contributed by atoms with Crippen molar-refractivity contribution in [3.63, 3.8) is 0 Å². The molecule has 0 aromatic heterocycles. The van der Waals surface area contributed by atoms with Crippen molar-refractivity contribution in [3.05, 3.63) is 29.3 Å². The van der Waals surface area contributed by atoms with Gasteiger partial charge in [0.2, 0.25) is 5.91 Å². The summed E-state index contributed by atoms with van der Waals surface area (Å²) in [6.07, 6.45) is 6.82. The van der Waals surface area contributed by atoms with Gasteiger partial charge >= 0.3 is 0 Å². The predicted octanol–water partition coefficient (Wildman–Crippen LogP) is 3.18. The number of benzene rings is 1. The van der Waals surface area contributed by atoms with E-state index in [2.05, 4.69) is 18.2 Å². The van der Waals surface area contributed by atoms with E-state index in [0.717, 1.165) is 37.1 Å². The number of amides is 1. The van der Waals surface area contributed by atoms with Crippen LogP contribution in [0.3, 0.4) is 0 Å². The second kappa shape index (κ2) is 5.57. The number of hydrogen-bond donors (Lipinski definition) is 1. The smallest absolute Gasteiger partial charge is 0.230 e. The Morgan fingerprint density at radius 3 is 2.75 bits per heavy atom. The fourth-order valence-corrected chi connectivity index (χ4v) is 3.50. The lowest BCUT2D eigenvalue weighted by molar-refractivity contribution is -0.123. The molecule has 1 amide bonds. The molecule has 3 heteroatoms. The number of carbonyl (C=O) groups excluding carboxylic acids is 1. The SMILES string of the molecule is C[C@@H](N)c1ccc2c(c1)CCN2C(=O)C1CCCCC1. The fraction of sp³-hybridized carbons (Fsp3) is 0.588. The van der Waals surface area contributed by atoms with Gasteiger partial charge in [0, 0.05) is 24.2 Å². The van der Waals surface area contributed by atoms with Gasteiger partial charge in [0.25, 0.3) is 0 Å². The lowest BCUT2D eigenvalue weighted by atomic mass is 9.88. The molecule has 1 aliphatic heterocycles. The van der Waals surface area contributed by atoms with Crippen LogP contribution in [0.5, 0.6) is 0 Å². The van der Waals surface area contributed by atoms with Gasteiger partial charge in [-0.1, -0.05) is 31.4 Å². The zero-order chi connectivity index (χ0) is 14.1. The molecule has 2 aliphatic rings. The van der Waals surface area contributed by atoms with Crippen molar-refractivity contribution < 1.29 is 4.79 Å². The van der Waals surface area contributed by atoms with Gasteiger partial charge < -0.3 is 10.6 Å². The first kappa shape index (κ1) is 13.6. The predicted molar refractivity (Wildman–Crippen MR) is 81.7 cm³/mol. The van der Waals surface area contributed by atoms with Crippen LogP contribution in [-0.4, -0.2) is 12.5 Å². The van der Waals surface area contributed by atoms with Crippen molar-refractivity contribution in [1.29, 1.82) is 0 Å². The summed E-state index contributed by atoms with van der Waals surface area (Å²) in [5.74, 6) is 0.597. The quantitative estimate of drug-likeness (QED) is 0.898. The molecule has 1 heterocycles. The van der Waals surface area contributed by atoms with Crippen molar-refractivity contribution in [2.24, 2.45) is 11.7 Å². The molecular formula is C17H24N2O. The summed E-state index contributed by atoms with van der Waals surface area (Å²) in [7, 11) is 0. The van der Waals surface area contributed by atoms with E-state index in [-0.39, 0.29) is 12.0 Å². The van der Waals surface area contributed by atoms with Crippen LogP contribution < -0.4 is 10.6 Å². The van der Waals surface area contributed by atoms with Crippen LogP contribution in [0.2, 0.25) is 0 Å². The Hall–Kier alpha value is -1.35. The summed E-state index contributed by atoms with van der Waals surface area (Å²) in [6, 6.07) is 6.38. The van der Waals surface area contributed by atoms with Crippen molar-refractivity contribution >= 4 is 11.6 Å². The molecule has 20 heavy (non-hydrogen) atoms. The molecule has 3 rings (SSSR count). The number of nitrogens with two attached hydrogens (primary N) is 1. The monoisotopic (exact) mass is 272 g/mol. The summed E-state index contributed by atoms with van der Waals surface area (Å²) >= 11 is 0. The highest BCUT2D eigenvalue weighted by Gasteiger charge is 2.30. The van der Waals surface area contributed by atoms with E-state index < -0.39 is 0 Å². The van der Waals surface area contributed by atoms with Gasteiger partial charge in [-0.2, -0.15) is 0 Å². The molecule has 0 radical (unpaired) electrons.